The summed E-state index contributed by atoms with van der Waals surface area (Å²) in [5.74, 6) is -1.76. The standard InChI is InChI=1S/C13H19F2N3O/c1-8(2)12-17-7-5-10(18-12)19-9-4-3-6-13(14,15)11(9)16/h5,7-9,11H,3-4,6,16H2,1-2H3/t9-,11+/m0/s1. The van der Waals surface area contributed by atoms with E-state index < -0.39 is 18.1 Å². The van der Waals surface area contributed by atoms with E-state index in [4.69, 9.17) is 10.5 Å². The number of alkyl halides is 2. The Balaban J connectivity index is 2.10. The van der Waals surface area contributed by atoms with E-state index in [-0.39, 0.29) is 12.3 Å². The van der Waals surface area contributed by atoms with Crippen molar-refractivity contribution in [3.63, 3.8) is 0 Å². The molecular formula is C13H19F2N3O. The summed E-state index contributed by atoms with van der Waals surface area (Å²) < 4.78 is 32.6. The average molecular weight is 271 g/mol. The molecule has 0 aliphatic heterocycles. The van der Waals surface area contributed by atoms with E-state index in [9.17, 15) is 8.78 Å². The van der Waals surface area contributed by atoms with Crippen LogP contribution in [0.1, 0.15) is 44.9 Å². The molecule has 1 heterocycles. The number of hydrogen-bond acceptors (Lipinski definition) is 4. The van der Waals surface area contributed by atoms with Crippen LogP contribution in [0.25, 0.3) is 0 Å². The molecule has 1 aromatic heterocycles. The van der Waals surface area contributed by atoms with Crippen molar-refractivity contribution in [3.8, 4) is 5.88 Å². The second-order valence-electron chi connectivity index (χ2n) is 5.24. The molecule has 1 aromatic rings. The van der Waals surface area contributed by atoms with Crippen LogP contribution < -0.4 is 10.5 Å². The smallest absolute Gasteiger partial charge is 0.266 e. The zero-order valence-electron chi connectivity index (χ0n) is 11.1. The summed E-state index contributed by atoms with van der Waals surface area (Å²) in [4.78, 5) is 8.32. The Morgan fingerprint density at radius 3 is 2.89 bits per heavy atom. The minimum Gasteiger partial charge on any atom is -0.472 e. The number of hydrogen-bond donors (Lipinski definition) is 1. The van der Waals surface area contributed by atoms with Gasteiger partial charge < -0.3 is 10.5 Å². The Bertz CT molecular complexity index is 440. The predicted molar refractivity (Wildman–Crippen MR) is 67.3 cm³/mol. The molecule has 0 saturated heterocycles. The van der Waals surface area contributed by atoms with E-state index in [2.05, 4.69) is 9.97 Å². The van der Waals surface area contributed by atoms with Gasteiger partial charge in [0.25, 0.3) is 5.92 Å². The van der Waals surface area contributed by atoms with E-state index in [1.165, 1.54) is 0 Å². The van der Waals surface area contributed by atoms with Gasteiger partial charge in [0.15, 0.2) is 0 Å². The summed E-state index contributed by atoms with van der Waals surface area (Å²) in [6, 6.07) is 0.296. The highest BCUT2D eigenvalue weighted by molar-refractivity contribution is 5.11. The Morgan fingerprint density at radius 2 is 2.21 bits per heavy atom. The first kappa shape index (κ1) is 14.1. The fraction of sp³-hybridized carbons (Fsp3) is 0.692. The Morgan fingerprint density at radius 1 is 1.47 bits per heavy atom. The molecule has 1 saturated carbocycles. The Hall–Kier alpha value is -1.30. The van der Waals surface area contributed by atoms with E-state index >= 15 is 0 Å². The fourth-order valence-corrected chi connectivity index (χ4v) is 2.14. The summed E-state index contributed by atoms with van der Waals surface area (Å²) in [7, 11) is 0. The number of rotatable bonds is 3. The third-order valence-electron chi connectivity index (χ3n) is 3.32. The second kappa shape index (κ2) is 5.36. The van der Waals surface area contributed by atoms with Gasteiger partial charge in [0, 0.05) is 24.6 Å². The first-order chi connectivity index (χ1) is 8.90. The Labute approximate surface area is 111 Å². The van der Waals surface area contributed by atoms with Crippen molar-refractivity contribution in [2.75, 3.05) is 0 Å². The van der Waals surface area contributed by atoms with Crippen LogP contribution in [0.4, 0.5) is 8.78 Å². The van der Waals surface area contributed by atoms with E-state index in [1.54, 1.807) is 12.3 Å². The third kappa shape index (κ3) is 3.18. The maximum atomic E-state index is 13.5. The van der Waals surface area contributed by atoms with Crippen molar-refractivity contribution >= 4 is 0 Å². The van der Waals surface area contributed by atoms with Gasteiger partial charge in [0.1, 0.15) is 18.0 Å². The van der Waals surface area contributed by atoms with Crippen LogP contribution in [0.15, 0.2) is 12.3 Å². The number of nitrogens with two attached hydrogens (primary N) is 1. The number of halogens is 2. The molecule has 19 heavy (non-hydrogen) atoms. The summed E-state index contributed by atoms with van der Waals surface area (Å²) in [5.41, 5.74) is 5.58. The van der Waals surface area contributed by atoms with E-state index in [0.29, 0.717) is 24.5 Å². The summed E-state index contributed by atoms with van der Waals surface area (Å²) in [5, 5.41) is 0. The van der Waals surface area contributed by atoms with Crippen molar-refractivity contribution in [2.24, 2.45) is 5.73 Å². The van der Waals surface area contributed by atoms with Gasteiger partial charge in [-0.3, -0.25) is 0 Å². The molecule has 1 aliphatic carbocycles. The highest BCUT2D eigenvalue weighted by atomic mass is 19.3. The molecule has 0 unspecified atom stereocenters. The molecule has 0 bridgehead atoms. The van der Waals surface area contributed by atoms with Gasteiger partial charge in [-0.25, -0.2) is 13.8 Å². The van der Waals surface area contributed by atoms with Crippen LogP contribution in [0.3, 0.4) is 0 Å². The Kier molecular flexibility index (Phi) is 3.99. The van der Waals surface area contributed by atoms with Crippen molar-refractivity contribution < 1.29 is 13.5 Å². The lowest BCUT2D eigenvalue weighted by Gasteiger charge is -2.35. The predicted octanol–water partition coefficient (Wildman–Crippen LogP) is 2.49. The van der Waals surface area contributed by atoms with Crippen LogP contribution in [0.5, 0.6) is 5.88 Å². The summed E-state index contributed by atoms with van der Waals surface area (Å²) in [6.07, 6.45) is 1.64. The molecule has 0 aromatic carbocycles. The maximum Gasteiger partial charge on any atom is 0.266 e. The molecule has 4 nitrogen and oxygen atoms in total. The number of aromatic nitrogens is 2. The highest BCUT2D eigenvalue weighted by Crippen LogP contribution is 2.34. The molecule has 2 atom stereocenters. The average Bonchev–Trinajstić information content (AvgIpc) is 2.35. The van der Waals surface area contributed by atoms with E-state index in [1.807, 2.05) is 13.8 Å². The van der Waals surface area contributed by atoms with Crippen molar-refractivity contribution in [1.29, 1.82) is 0 Å². The lowest BCUT2D eigenvalue weighted by Crippen LogP contribution is -2.54. The van der Waals surface area contributed by atoms with Gasteiger partial charge in [-0.2, -0.15) is 4.98 Å². The molecule has 2 rings (SSSR count). The summed E-state index contributed by atoms with van der Waals surface area (Å²) >= 11 is 0. The molecule has 1 fully saturated rings. The minimum absolute atomic E-state index is 0.157. The van der Waals surface area contributed by atoms with Gasteiger partial charge in [-0.05, 0) is 12.8 Å². The number of ether oxygens (including phenoxy) is 1. The molecule has 2 N–H and O–H groups in total. The molecular weight excluding hydrogens is 252 g/mol. The van der Waals surface area contributed by atoms with Crippen LogP contribution in [-0.2, 0) is 0 Å². The largest absolute Gasteiger partial charge is 0.472 e. The van der Waals surface area contributed by atoms with Gasteiger partial charge in [0.05, 0.1) is 0 Å². The first-order valence-electron chi connectivity index (χ1n) is 6.53. The van der Waals surface area contributed by atoms with Crippen LogP contribution in [0, 0.1) is 0 Å². The van der Waals surface area contributed by atoms with E-state index in [0.717, 1.165) is 0 Å². The van der Waals surface area contributed by atoms with Crippen molar-refractivity contribution in [3.05, 3.63) is 18.1 Å². The van der Waals surface area contributed by atoms with Gasteiger partial charge in [-0.1, -0.05) is 13.8 Å². The van der Waals surface area contributed by atoms with Crippen LogP contribution >= 0.6 is 0 Å². The second-order valence-corrected chi connectivity index (χ2v) is 5.24. The molecule has 0 amide bonds. The third-order valence-corrected chi connectivity index (χ3v) is 3.32. The zero-order chi connectivity index (χ0) is 14.0. The molecule has 6 heteroatoms. The van der Waals surface area contributed by atoms with Crippen molar-refractivity contribution in [1.82, 2.24) is 9.97 Å². The molecule has 106 valence electrons. The molecule has 0 radical (unpaired) electrons. The fourth-order valence-electron chi connectivity index (χ4n) is 2.14. The minimum atomic E-state index is -2.86. The topological polar surface area (TPSA) is 61.0 Å². The van der Waals surface area contributed by atoms with Crippen molar-refractivity contribution in [2.45, 2.75) is 57.1 Å². The normalized spacial score (nSPS) is 26.4. The molecule has 1 aliphatic rings. The quantitative estimate of drug-likeness (QED) is 0.917. The van der Waals surface area contributed by atoms with Gasteiger partial charge >= 0.3 is 0 Å². The zero-order valence-corrected chi connectivity index (χ0v) is 11.1. The SMILES string of the molecule is CC(C)c1nccc(O[C@H]2CCCC(F)(F)[C@@H]2N)n1. The highest BCUT2D eigenvalue weighted by Gasteiger charge is 2.46. The van der Waals surface area contributed by atoms with Crippen LogP contribution in [-0.4, -0.2) is 28.0 Å². The summed E-state index contributed by atoms with van der Waals surface area (Å²) in [6.45, 7) is 3.92. The van der Waals surface area contributed by atoms with Gasteiger partial charge in [0.2, 0.25) is 5.88 Å². The van der Waals surface area contributed by atoms with Gasteiger partial charge in [-0.15, -0.1) is 0 Å². The lowest BCUT2D eigenvalue weighted by molar-refractivity contribution is -0.0897. The first-order valence-corrected chi connectivity index (χ1v) is 6.53. The molecule has 0 spiro atoms. The lowest BCUT2D eigenvalue weighted by atomic mass is 9.89. The number of nitrogens with zero attached hydrogens (tertiary/aromatic N) is 2. The van der Waals surface area contributed by atoms with Crippen LogP contribution in [0.2, 0.25) is 0 Å². The maximum absolute atomic E-state index is 13.5. The monoisotopic (exact) mass is 271 g/mol.